The Bertz CT molecular complexity index is 929. The molecule has 1 amide bonds. The van der Waals surface area contributed by atoms with Crippen LogP contribution in [0.15, 0.2) is 55.2 Å². The van der Waals surface area contributed by atoms with E-state index in [1.807, 2.05) is 54.0 Å². The number of pyridine rings is 2. The predicted octanol–water partition coefficient (Wildman–Crippen LogP) is 3.30. The van der Waals surface area contributed by atoms with Crippen LogP contribution < -0.4 is 0 Å². The topological polar surface area (TPSA) is 63.9 Å². The zero-order chi connectivity index (χ0) is 19.3. The number of aromatic nitrogens is 4. The Morgan fingerprint density at radius 1 is 1.07 bits per heavy atom. The van der Waals surface area contributed by atoms with E-state index in [2.05, 4.69) is 26.4 Å². The molecule has 0 aliphatic carbocycles. The minimum absolute atomic E-state index is 0.107. The smallest absolute Gasteiger partial charge is 0.253 e. The van der Waals surface area contributed by atoms with Crippen molar-refractivity contribution in [2.24, 2.45) is 0 Å². The van der Waals surface area contributed by atoms with E-state index in [0.29, 0.717) is 5.92 Å². The normalized spacial score (nSPS) is 15.0. The summed E-state index contributed by atoms with van der Waals surface area (Å²) in [4.78, 5) is 27.8. The average Bonchev–Trinajstić information content (AvgIpc) is 3.22. The van der Waals surface area contributed by atoms with E-state index in [9.17, 15) is 4.79 Å². The lowest BCUT2D eigenvalue weighted by atomic mass is 9.95. The molecule has 6 nitrogen and oxygen atoms in total. The zero-order valence-corrected chi connectivity index (χ0v) is 16.2. The summed E-state index contributed by atoms with van der Waals surface area (Å²) in [5, 5.41) is 0. The summed E-state index contributed by atoms with van der Waals surface area (Å²) >= 11 is 0. The Morgan fingerprint density at radius 2 is 1.86 bits per heavy atom. The van der Waals surface area contributed by atoms with Gasteiger partial charge in [-0.1, -0.05) is 6.92 Å². The number of amides is 1. The number of rotatable bonds is 5. The van der Waals surface area contributed by atoms with Gasteiger partial charge in [0.1, 0.15) is 5.82 Å². The van der Waals surface area contributed by atoms with Gasteiger partial charge in [0, 0.05) is 67.8 Å². The molecule has 4 heterocycles. The van der Waals surface area contributed by atoms with E-state index < -0.39 is 0 Å². The van der Waals surface area contributed by atoms with Crippen molar-refractivity contribution >= 4 is 5.91 Å². The summed E-state index contributed by atoms with van der Waals surface area (Å²) < 4.78 is 2.22. The van der Waals surface area contributed by atoms with Crippen molar-refractivity contribution in [2.45, 2.75) is 38.6 Å². The first-order valence-electron chi connectivity index (χ1n) is 9.88. The SMILES string of the molecule is CCc1cc(C(=O)N2CCC(c3nccn3Cc3ccncc3)CC2)ccn1. The van der Waals surface area contributed by atoms with E-state index >= 15 is 0 Å². The second-order valence-electron chi connectivity index (χ2n) is 7.22. The van der Waals surface area contributed by atoms with E-state index in [-0.39, 0.29) is 5.91 Å². The fourth-order valence-electron chi connectivity index (χ4n) is 3.83. The van der Waals surface area contributed by atoms with Crippen molar-refractivity contribution in [2.75, 3.05) is 13.1 Å². The zero-order valence-electron chi connectivity index (χ0n) is 16.2. The van der Waals surface area contributed by atoms with Crippen LogP contribution >= 0.6 is 0 Å². The molecular formula is C22H25N5O. The van der Waals surface area contributed by atoms with Gasteiger partial charge in [0.05, 0.1) is 0 Å². The summed E-state index contributed by atoms with van der Waals surface area (Å²) in [5.74, 6) is 1.60. The lowest BCUT2D eigenvalue weighted by Gasteiger charge is -2.32. The molecule has 0 N–H and O–H groups in total. The summed E-state index contributed by atoms with van der Waals surface area (Å²) in [6.07, 6.45) is 12.0. The first kappa shape index (κ1) is 18.3. The standard InChI is InChI=1S/C22H25N5O/c1-2-20-15-19(5-10-24-20)22(28)26-12-6-18(7-13-26)21-25-11-14-27(21)16-17-3-8-23-9-4-17/h3-5,8-11,14-15,18H,2,6-7,12-13,16H2,1H3. The molecule has 0 unspecified atom stereocenters. The van der Waals surface area contributed by atoms with Crippen molar-refractivity contribution in [3.8, 4) is 0 Å². The Hall–Kier alpha value is -3.02. The molecule has 3 aromatic rings. The van der Waals surface area contributed by atoms with Crippen LogP contribution in [0, 0.1) is 0 Å². The third-order valence-corrected chi connectivity index (χ3v) is 5.42. The highest BCUT2D eigenvalue weighted by molar-refractivity contribution is 5.94. The average molecular weight is 375 g/mol. The summed E-state index contributed by atoms with van der Waals surface area (Å²) in [6, 6.07) is 7.79. The molecule has 1 fully saturated rings. The first-order chi connectivity index (χ1) is 13.7. The van der Waals surface area contributed by atoms with Gasteiger partial charge in [-0.3, -0.25) is 14.8 Å². The van der Waals surface area contributed by atoms with Crippen LogP contribution in [0.5, 0.6) is 0 Å². The highest BCUT2D eigenvalue weighted by atomic mass is 16.2. The molecule has 0 spiro atoms. The third-order valence-electron chi connectivity index (χ3n) is 5.42. The maximum absolute atomic E-state index is 12.8. The van der Waals surface area contributed by atoms with Crippen LogP contribution in [0.2, 0.25) is 0 Å². The molecule has 1 aliphatic heterocycles. The van der Waals surface area contributed by atoms with Gasteiger partial charge in [0.15, 0.2) is 0 Å². The maximum atomic E-state index is 12.8. The minimum atomic E-state index is 0.107. The van der Waals surface area contributed by atoms with Crippen LogP contribution in [0.25, 0.3) is 0 Å². The molecule has 0 bridgehead atoms. The highest BCUT2D eigenvalue weighted by Crippen LogP contribution is 2.28. The van der Waals surface area contributed by atoms with Crippen LogP contribution in [-0.4, -0.2) is 43.4 Å². The molecule has 0 radical (unpaired) electrons. The second-order valence-corrected chi connectivity index (χ2v) is 7.22. The largest absolute Gasteiger partial charge is 0.339 e. The maximum Gasteiger partial charge on any atom is 0.253 e. The van der Waals surface area contributed by atoms with Gasteiger partial charge in [-0.25, -0.2) is 4.98 Å². The van der Waals surface area contributed by atoms with Crippen molar-refractivity contribution in [3.05, 3.63) is 77.9 Å². The number of carbonyl (C=O) groups excluding carboxylic acids is 1. The van der Waals surface area contributed by atoms with E-state index in [1.54, 1.807) is 6.20 Å². The molecule has 3 aromatic heterocycles. The van der Waals surface area contributed by atoms with E-state index in [0.717, 1.165) is 56.0 Å². The second kappa shape index (κ2) is 8.33. The molecule has 1 saturated heterocycles. The Balaban J connectivity index is 1.41. The summed E-state index contributed by atoms with van der Waals surface area (Å²) in [7, 11) is 0. The number of aryl methyl sites for hydroxylation is 1. The van der Waals surface area contributed by atoms with E-state index in [4.69, 9.17) is 0 Å². The van der Waals surface area contributed by atoms with Crippen molar-refractivity contribution in [1.82, 2.24) is 24.4 Å². The molecule has 0 aromatic carbocycles. The summed E-state index contributed by atoms with van der Waals surface area (Å²) in [6.45, 7) is 4.37. The molecule has 4 rings (SSSR count). The van der Waals surface area contributed by atoms with Gasteiger partial charge in [-0.15, -0.1) is 0 Å². The third kappa shape index (κ3) is 3.96. The number of piperidine rings is 1. The van der Waals surface area contributed by atoms with Crippen LogP contribution in [0.3, 0.4) is 0 Å². The number of nitrogens with zero attached hydrogens (tertiary/aromatic N) is 5. The van der Waals surface area contributed by atoms with Crippen molar-refractivity contribution in [3.63, 3.8) is 0 Å². The quantitative estimate of drug-likeness (QED) is 0.686. The lowest BCUT2D eigenvalue weighted by Crippen LogP contribution is -2.38. The van der Waals surface area contributed by atoms with E-state index in [1.165, 1.54) is 5.56 Å². The fourth-order valence-corrected chi connectivity index (χ4v) is 3.83. The van der Waals surface area contributed by atoms with Crippen LogP contribution in [-0.2, 0) is 13.0 Å². The first-order valence-corrected chi connectivity index (χ1v) is 9.88. The van der Waals surface area contributed by atoms with Gasteiger partial charge in [0.25, 0.3) is 5.91 Å². The van der Waals surface area contributed by atoms with Gasteiger partial charge in [0.2, 0.25) is 0 Å². The van der Waals surface area contributed by atoms with Gasteiger partial charge < -0.3 is 9.47 Å². The Kier molecular flexibility index (Phi) is 5.46. The van der Waals surface area contributed by atoms with Gasteiger partial charge in [-0.05, 0) is 49.1 Å². The lowest BCUT2D eigenvalue weighted by molar-refractivity contribution is 0.0710. The number of carbonyl (C=O) groups is 1. The minimum Gasteiger partial charge on any atom is -0.339 e. The van der Waals surface area contributed by atoms with Crippen LogP contribution in [0.1, 0.15) is 53.1 Å². The van der Waals surface area contributed by atoms with Gasteiger partial charge in [-0.2, -0.15) is 0 Å². The monoisotopic (exact) mass is 375 g/mol. The molecule has 144 valence electrons. The van der Waals surface area contributed by atoms with Crippen molar-refractivity contribution in [1.29, 1.82) is 0 Å². The molecule has 0 saturated carbocycles. The number of imidazole rings is 1. The Labute approximate surface area is 165 Å². The fraction of sp³-hybridized carbons (Fsp3) is 0.364. The Morgan fingerprint density at radius 3 is 2.61 bits per heavy atom. The number of likely N-dealkylation sites (tertiary alicyclic amines) is 1. The molecular weight excluding hydrogens is 350 g/mol. The summed E-state index contributed by atoms with van der Waals surface area (Å²) in [5.41, 5.74) is 2.91. The van der Waals surface area contributed by atoms with Gasteiger partial charge >= 0.3 is 0 Å². The molecule has 28 heavy (non-hydrogen) atoms. The molecule has 1 aliphatic rings. The van der Waals surface area contributed by atoms with Crippen LogP contribution in [0.4, 0.5) is 0 Å². The van der Waals surface area contributed by atoms with Crippen molar-refractivity contribution < 1.29 is 4.79 Å². The molecule has 0 atom stereocenters. The highest BCUT2D eigenvalue weighted by Gasteiger charge is 2.27. The molecule has 6 heteroatoms. The predicted molar refractivity (Wildman–Crippen MR) is 107 cm³/mol. The number of hydrogen-bond acceptors (Lipinski definition) is 4. The number of hydrogen-bond donors (Lipinski definition) is 0.